The summed E-state index contributed by atoms with van der Waals surface area (Å²) in [6.45, 7) is 2.15. The second-order valence-corrected chi connectivity index (χ2v) is 6.73. The minimum Gasteiger partial charge on any atom is -0.457 e. The van der Waals surface area contributed by atoms with Crippen LogP contribution in [0.4, 0.5) is 0 Å². The second kappa shape index (κ2) is 8.56. The molecule has 28 heavy (non-hydrogen) atoms. The second-order valence-electron chi connectivity index (χ2n) is 6.73. The van der Waals surface area contributed by atoms with Gasteiger partial charge in [-0.25, -0.2) is 0 Å². The smallest absolute Gasteiger partial charge is 0.251 e. The minimum atomic E-state index is -0.582. The molecule has 0 aliphatic carbocycles. The van der Waals surface area contributed by atoms with Crippen molar-refractivity contribution in [3.05, 3.63) is 59.7 Å². The first-order valence-electron chi connectivity index (χ1n) is 9.16. The Balaban J connectivity index is 1.59. The normalized spacial score (nSPS) is 15.9. The number of likely N-dealkylation sites (tertiary alicyclic amines) is 1. The molecule has 2 aromatic carbocycles. The van der Waals surface area contributed by atoms with Crippen LogP contribution in [-0.4, -0.2) is 41.8 Å². The van der Waals surface area contributed by atoms with Crippen molar-refractivity contribution in [2.24, 2.45) is 5.73 Å². The quantitative estimate of drug-likeness (QED) is 0.799. The molecule has 0 spiro atoms. The van der Waals surface area contributed by atoms with Gasteiger partial charge in [0.25, 0.3) is 5.91 Å². The fraction of sp³-hybridized carbons (Fsp3) is 0.286. The Morgan fingerprint density at radius 1 is 1.18 bits per heavy atom. The lowest BCUT2D eigenvalue weighted by Crippen LogP contribution is -2.47. The van der Waals surface area contributed by atoms with E-state index in [1.807, 2.05) is 37.3 Å². The molecule has 7 nitrogen and oxygen atoms in total. The van der Waals surface area contributed by atoms with E-state index in [1.54, 1.807) is 18.2 Å². The SMILES string of the molecule is Cc1cc(C(=O)NCC(=O)N2CCCC2C(N)=O)ccc1Oc1ccccc1. The zero-order chi connectivity index (χ0) is 20.1. The molecule has 1 atom stereocenters. The molecule has 2 aromatic rings. The van der Waals surface area contributed by atoms with Gasteiger partial charge in [0.2, 0.25) is 11.8 Å². The van der Waals surface area contributed by atoms with Crippen molar-refractivity contribution in [3.63, 3.8) is 0 Å². The van der Waals surface area contributed by atoms with Crippen LogP contribution in [0.25, 0.3) is 0 Å². The highest BCUT2D eigenvalue weighted by atomic mass is 16.5. The Kier molecular flexibility index (Phi) is 5.93. The summed E-state index contributed by atoms with van der Waals surface area (Å²) in [5.74, 6) is 0.179. The average Bonchev–Trinajstić information content (AvgIpc) is 3.18. The number of carbonyl (C=O) groups is 3. The fourth-order valence-electron chi connectivity index (χ4n) is 3.24. The van der Waals surface area contributed by atoms with Gasteiger partial charge >= 0.3 is 0 Å². The number of aryl methyl sites for hydroxylation is 1. The number of rotatable bonds is 6. The van der Waals surface area contributed by atoms with Gasteiger partial charge < -0.3 is 20.7 Å². The van der Waals surface area contributed by atoms with Gasteiger partial charge in [-0.3, -0.25) is 14.4 Å². The fourth-order valence-corrected chi connectivity index (χ4v) is 3.24. The zero-order valence-electron chi connectivity index (χ0n) is 15.7. The lowest BCUT2D eigenvalue weighted by Gasteiger charge is -2.22. The molecule has 1 heterocycles. The van der Waals surface area contributed by atoms with Crippen molar-refractivity contribution in [2.45, 2.75) is 25.8 Å². The van der Waals surface area contributed by atoms with Crippen LogP contribution in [0.2, 0.25) is 0 Å². The van der Waals surface area contributed by atoms with E-state index in [-0.39, 0.29) is 18.4 Å². The maximum Gasteiger partial charge on any atom is 0.251 e. The van der Waals surface area contributed by atoms with Gasteiger partial charge in [-0.15, -0.1) is 0 Å². The molecule has 1 unspecified atom stereocenters. The number of hydrogen-bond donors (Lipinski definition) is 2. The van der Waals surface area contributed by atoms with Gasteiger partial charge in [-0.2, -0.15) is 0 Å². The van der Waals surface area contributed by atoms with Crippen molar-refractivity contribution in [1.29, 1.82) is 0 Å². The Morgan fingerprint density at radius 2 is 1.93 bits per heavy atom. The molecular formula is C21H23N3O4. The number of primary amides is 1. The molecule has 7 heteroatoms. The molecule has 1 aliphatic rings. The minimum absolute atomic E-state index is 0.177. The van der Waals surface area contributed by atoms with E-state index in [4.69, 9.17) is 10.5 Å². The third kappa shape index (κ3) is 4.49. The lowest BCUT2D eigenvalue weighted by atomic mass is 10.1. The summed E-state index contributed by atoms with van der Waals surface area (Å²) >= 11 is 0. The molecule has 0 aromatic heterocycles. The monoisotopic (exact) mass is 381 g/mol. The topological polar surface area (TPSA) is 102 Å². The van der Waals surface area contributed by atoms with Gasteiger partial charge in [0.05, 0.1) is 6.54 Å². The number of nitrogens with two attached hydrogens (primary N) is 1. The first-order valence-corrected chi connectivity index (χ1v) is 9.16. The van der Waals surface area contributed by atoms with E-state index in [9.17, 15) is 14.4 Å². The molecule has 146 valence electrons. The predicted octanol–water partition coefficient (Wildman–Crippen LogP) is 1.99. The number of para-hydroxylation sites is 1. The summed E-state index contributed by atoms with van der Waals surface area (Å²) in [6.07, 6.45) is 1.30. The summed E-state index contributed by atoms with van der Waals surface area (Å²) in [4.78, 5) is 37.5. The van der Waals surface area contributed by atoms with Crippen molar-refractivity contribution in [2.75, 3.05) is 13.1 Å². The maximum atomic E-state index is 12.4. The summed E-state index contributed by atoms with van der Waals surface area (Å²) in [7, 11) is 0. The lowest BCUT2D eigenvalue weighted by molar-refractivity contribution is -0.136. The van der Waals surface area contributed by atoms with E-state index in [2.05, 4.69) is 5.32 Å². The van der Waals surface area contributed by atoms with Crippen LogP contribution in [0, 0.1) is 6.92 Å². The highest BCUT2D eigenvalue weighted by molar-refractivity contribution is 5.97. The number of hydrogen-bond acceptors (Lipinski definition) is 4. The van der Waals surface area contributed by atoms with E-state index >= 15 is 0 Å². The zero-order valence-corrected chi connectivity index (χ0v) is 15.7. The van der Waals surface area contributed by atoms with E-state index < -0.39 is 11.9 Å². The van der Waals surface area contributed by atoms with Crippen LogP contribution in [0.5, 0.6) is 11.5 Å². The van der Waals surface area contributed by atoms with Crippen LogP contribution >= 0.6 is 0 Å². The van der Waals surface area contributed by atoms with Gasteiger partial charge in [0.15, 0.2) is 0 Å². The molecular weight excluding hydrogens is 358 g/mol. The number of ether oxygens (including phenoxy) is 1. The molecule has 3 amide bonds. The highest BCUT2D eigenvalue weighted by Gasteiger charge is 2.32. The Labute approximate surface area is 163 Å². The molecule has 0 saturated carbocycles. The molecule has 1 fully saturated rings. The van der Waals surface area contributed by atoms with E-state index in [0.29, 0.717) is 30.0 Å². The first kappa shape index (κ1) is 19.4. The molecule has 1 saturated heterocycles. The van der Waals surface area contributed by atoms with Gasteiger partial charge in [-0.05, 0) is 55.7 Å². The van der Waals surface area contributed by atoms with Gasteiger partial charge in [0, 0.05) is 12.1 Å². The van der Waals surface area contributed by atoms with Crippen LogP contribution in [0.15, 0.2) is 48.5 Å². The third-order valence-electron chi connectivity index (χ3n) is 4.71. The van der Waals surface area contributed by atoms with E-state index in [1.165, 1.54) is 4.90 Å². The Hall–Kier alpha value is -3.35. The van der Waals surface area contributed by atoms with Crippen LogP contribution in [0.3, 0.4) is 0 Å². The standard InChI is InChI=1S/C21H23N3O4/c1-14-12-15(9-10-18(14)28-16-6-3-2-4-7-16)21(27)23-13-19(25)24-11-5-8-17(24)20(22)26/h2-4,6-7,9-10,12,17H,5,8,11,13H2,1H3,(H2,22,26)(H,23,27). The average molecular weight is 381 g/mol. The largest absolute Gasteiger partial charge is 0.457 e. The molecule has 0 bridgehead atoms. The molecule has 3 N–H and O–H groups in total. The van der Waals surface area contributed by atoms with Gasteiger partial charge in [-0.1, -0.05) is 18.2 Å². The van der Waals surface area contributed by atoms with Crippen molar-refractivity contribution in [1.82, 2.24) is 10.2 Å². The Bertz CT molecular complexity index is 882. The highest BCUT2D eigenvalue weighted by Crippen LogP contribution is 2.25. The van der Waals surface area contributed by atoms with Crippen LogP contribution < -0.4 is 15.8 Å². The Morgan fingerprint density at radius 3 is 2.61 bits per heavy atom. The number of carbonyl (C=O) groups excluding carboxylic acids is 3. The molecule has 0 radical (unpaired) electrons. The van der Waals surface area contributed by atoms with Gasteiger partial charge in [0.1, 0.15) is 17.5 Å². The molecule has 3 rings (SSSR count). The number of nitrogens with zero attached hydrogens (tertiary/aromatic N) is 1. The summed E-state index contributed by atoms with van der Waals surface area (Å²) in [5, 5.41) is 2.61. The number of amides is 3. The molecule has 1 aliphatic heterocycles. The van der Waals surface area contributed by atoms with Crippen molar-refractivity contribution < 1.29 is 19.1 Å². The maximum absolute atomic E-state index is 12.4. The van der Waals surface area contributed by atoms with E-state index in [0.717, 1.165) is 12.0 Å². The van der Waals surface area contributed by atoms with Crippen LogP contribution in [-0.2, 0) is 9.59 Å². The van der Waals surface area contributed by atoms with Crippen molar-refractivity contribution in [3.8, 4) is 11.5 Å². The third-order valence-corrected chi connectivity index (χ3v) is 4.71. The summed E-state index contributed by atoms with van der Waals surface area (Å²) in [5.41, 5.74) is 6.56. The summed E-state index contributed by atoms with van der Waals surface area (Å²) < 4.78 is 5.81. The summed E-state index contributed by atoms with van der Waals surface area (Å²) in [6, 6.07) is 13.9. The van der Waals surface area contributed by atoms with Crippen LogP contribution in [0.1, 0.15) is 28.8 Å². The predicted molar refractivity (Wildman–Crippen MR) is 104 cm³/mol. The first-order chi connectivity index (χ1) is 13.5. The number of benzene rings is 2. The number of nitrogens with one attached hydrogen (secondary N) is 1. The van der Waals surface area contributed by atoms with Crippen molar-refractivity contribution >= 4 is 17.7 Å².